The summed E-state index contributed by atoms with van der Waals surface area (Å²) in [5.41, 5.74) is 0.139. The van der Waals surface area contributed by atoms with Crippen LogP contribution in [0.1, 0.15) is 32.6 Å². The Morgan fingerprint density at radius 1 is 1.09 bits per heavy atom. The molecule has 3 nitrogen and oxygen atoms in total. The van der Waals surface area contributed by atoms with Crippen LogP contribution in [-0.4, -0.2) is 33.5 Å². The van der Waals surface area contributed by atoms with E-state index >= 15 is 0 Å². The molecule has 23 heavy (non-hydrogen) atoms. The highest BCUT2D eigenvalue weighted by Crippen LogP contribution is 2.13. The predicted octanol–water partition coefficient (Wildman–Crippen LogP) is 3.06. The number of rotatable bonds is 8. The smallest absolute Gasteiger partial charge is 0.407 e. The van der Waals surface area contributed by atoms with Gasteiger partial charge in [-0.05, 0) is 24.0 Å². The molecular formula is C16H22BF3O3. The maximum absolute atomic E-state index is 13.2. The molecule has 0 atom stereocenters. The molecular weight excluding hydrogens is 308 g/mol. The molecule has 0 saturated carbocycles. The molecule has 7 heteroatoms. The molecule has 1 aromatic carbocycles. The van der Waals surface area contributed by atoms with Crippen LogP contribution in [0.4, 0.5) is 13.2 Å². The van der Waals surface area contributed by atoms with Crippen LogP contribution in [0.3, 0.4) is 0 Å². The lowest BCUT2D eigenvalue weighted by Gasteiger charge is -2.27. The average molecular weight is 330 g/mol. The molecule has 0 spiro atoms. The van der Waals surface area contributed by atoms with Gasteiger partial charge in [-0.3, -0.25) is 0 Å². The molecule has 0 radical (unpaired) electrons. The Labute approximate surface area is 135 Å². The summed E-state index contributed by atoms with van der Waals surface area (Å²) in [6.07, 6.45) is 4.61. The average Bonchev–Trinajstić information content (AvgIpc) is 2.56. The molecule has 0 N–H and O–H groups in total. The van der Waals surface area contributed by atoms with Crippen LogP contribution in [0, 0.1) is 23.4 Å². The van der Waals surface area contributed by atoms with E-state index in [4.69, 9.17) is 14.0 Å². The molecule has 1 aliphatic heterocycles. The normalized spacial score (nSPS) is 16.1. The van der Waals surface area contributed by atoms with Crippen molar-refractivity contribution >= 4 is 12.6 Å². The molecule has 0 aliphatic carbocycles. The third-order valence-corrected chi connectivity index (χ3v) is 3.74. The van der Waals surface area contributed by atoms with Crippen LogP contribution in [0.25, 0.3) is 0 Å². The Bertz CT molecular complexity index is 470. The van der Waals surface area contributed by atoms with Gasteiger partial charge in [0.15, 0.2) is 17.5 Å². The first kappa shape index (κ1) is 18.3. The first-order valence-electron chi connectivity index (χ1n) is 8.07. The molecule has 1 fully saturated rings. The summed E-state index contributed by atoms with van der Waals surface area (Å²) < 4.78 is 55.9. The standard InChI is InChI=1S/C16H22BF3O3/c1-2-3-4-5-6-21-9-12-10-22-17(23-11-12)13-7-14(18)16(20)15(19)8-13/h7-8,12H,2-6,9-11H2,1H3. The maximum atomic E-state index is 13.2. The zero-order valence-electron chi connectivity index (χ0n) is 13.3. The Morgan fingerprint density at radius 3 is 2.35 bits per heavy atom. The Morgan fingerprint density at radius 2 is 1.74 bits per heavy atom. The van der Waals surface area contributed by atoms with Crippen molar-refractivity contribution in [2.45, 2.75) is 32.6 Å². The quantitative estimate of drug-likeness (QED) is 0.417. The van der Waals surface area contributed by atoms with Gasteiger partial charge in [-0.1, -0.05) is 26.2 Å². The summed E-state index contributed by atoms with van der Waals surface area (Å²) in [4.78, 5) is 0. The number of halogens is 3. The number of unbranched alkanes of at least 4 members (excludes halogenated alkanes) is 3. The lowest BCUT2D eigenvalue weighted by Crippen LogP contribution is -2.45. The monoisotopic (exact) mass is 330 g/mol. The fourth-order valence-corrected chi connectivity index (χ4v) is 2.42. The topological polar surface area (TPSA) is 27.7 Å². The van der Waals surface area contributed by atoms with Crippen LogP contribution in [0.2, 0.25) is 0 Å². The Kier molecular flexibility index (Phi) is 7.40. The van der Waals surface area contributed by atoms with Crippen LogP contribution < -0.4 is 5.46 Å². The Balaban J connectivity index is 1.72. The fourth-order valence-electron chi connectivity index (χ4n) is 2.42. The lowest BCUT2D eigenvalue weighted by molar-refractivity contribution is 0.0180. The summed E-state index contributed by atoms with van der Waals surface area (Å²) in [5, 5.41) is 0. The van der Waals surface area contributed by atoms with E-state index in [1.165, 1.54) is 12.8 Å². The third kappa shape index (κ3) is 5.51. The second kappa shape index (κ2) is 9.30. The second-order valence-electron chi connectivity index (χ2n) is 5.80. The van der Waals surface area contributed by atoms with Crippen molar-refractivity contribution in [2.24, 2.45) is 5.92 Å². The molecule has 2 rings (SSSR count). The van der Waals surface area contributed by atoms with Gasteiger partial charge < -0.3 is 14.0 Å². The minimum absolute atomic E-state index is 0.0903. The molecule has 128 valence electrons. The van der Waals surface area contributed by atoms with Crippen LogP contribution in [-0.2, 0) is 14.0 Å². The van der Waals surface area contributed by atoms with Gasteiger partial charge in [-0.25, -0.2) is 13.2 Å². The van der Waals surface area contributed by atoms with E-state index in [1.54, 1.807) is 0 Å². The second-order valence-corrected chi connectivity index (χ2v) is 5.80. The van der Waals surface area contributed by atoms with E-state index in [-0.39, 0.29) is 11.4 Å². The molecule has 1 aromatic rings. The van der Waals surface area contributed by atoms with Crippen molar-refractivity contribution in [3.8, 4) is 0 Å². The molecule has 0 unspecified atom stereocenters. The zero-order chi connectivity index (χ0) is 16.7. The number of ether oxygens (including phenoxy) is 1. The lowest BCUT2D eigenvalue weighted by atomic mass is 9.77. The third-order valence-electron chi connectivity index (χ3n) is 3.74. The highest BCUT2D eigenvalue weighted by Gasteiger charge is 2.31. The molecule has 0 amide bonds. The van der Waals surface area contributed by atoms with Crippen molar-refractivity contribution in [1.82, 2.24) is 0 Å². The van der Waals surface area contributed by atoms with Gasteiger partial charge in [0.2, 0.25) is 0 Å². The van der Waals surface area contributed by atoms with E-state index in [0.29, 0.717) is 26.4 Å². The van der Waals surface area contributed by atoms with Gasteiger partial charge >= 0.3 is 7.12 Å². The minimum Gasteiger partial charge on any atom is -0.407 e. The number of hydrogen-bond donors (Lipinski definition) is 0. The summed E-state index contributed by atoms with van der Waals surface area (Å²) in [6.45, 7) is 4.16. The van der Waals surface area contributed by atoms with Crippen LogP contribution in [0.15, 0.2) is 12.1 Å². The largest absolute Gasteiger partial charge is 0.494 e. The van der Waals surface area contributed by atoms with Gasteiger partial charge in [0, 0.05) is 25.7 Å². The van der Waals surface area contributed by atoms with E-state index in [2.05, 4.69) is 6.92 Å². The van der Waals surface area contributed by atoms with Gasteiger partial charge in [-0.2, -0.15) is 0 Å². The summed E-state index contributed by atoms with van der Waals surface area (Å²) >= 11 is 0. The zero-order valence-corrected chi connectivity index (χ0v) is 13.3. The van der Waals surface area contributed by atoms with Crippen molar-refractivity contribution in [2.75, 3.05) is 26.4 Å². The molecule has 0 aromatic heterocycles. The summed E-state index contributed by atoms with van der Waals surface area (Å²) in [7, 11) is -0.875. The van der Waals surface area contributed by atoms with E-state index in [1.807, 2.05) is 0 Å². The van der Waals surface area contributed by atoms with Crippen LogP contribution in [0.5, 0.6) is 0 Å². The summed E-state index contributed by atoms with van der Waals surface area (Å²) in [5.74, 6) is -3.89. The molecule has 1 saturated heterocycles. The van der Waals surface area contributed by atoms with Crippen molar-refractivity contribution < 1.29 is 27.2 Å². The van der Waals surface area contributed by atoms with Crippen molar-refractivity contribution in [3.63, 3.8) is 0 Å². The minimum atomic E-state index is -1.49. The molecule has 1 heterocycles. The maximum Gasteiger partial charge on any atom is 0.494 e. The Hall–Kier alpha value is -1.05. The number of benzene rings is 1. The van der Waals surface area contributed by atoms with Crippen molar-refractivity contribution in [3.05, 3.63) is 29.6 Å². The van der Waals surface area contributed by atoms with Gasteiger partial charge in [-0.15, -0.1) is 0 Å². The predicted molar refractivity (Wildman–Crippen MR) is 82.1 cm³/mol. The highest BCUT2D eigenvalue weighted by molar-refractivity contribution is 6.61. The van der Waals surface area contributed by atoms with E-state index in [0.717, 1.165) is 25.0 Å². The fraction of sp³-hybridized carbons (Fsp3) is 0.625. The molecule has 0 bridgehead atoms. The van der Waals surface area contributed by atoms with Crippen molar-refractivity contribution in [1.29, 1.82) is 0 Å². The van der Waals surface area contributed by atoms with E-state index < -0.39 is 24.6 Å². The SMILES string of the molecule is CCCCCCOCC1COB(c2cc(F)c(F)c(F)c2)OC1. The summed E-state index contributed by atoms with van der Waals surface area (Å²) in [6, 6.07) is 1.79. The van der Waals surface area contributed by atoms with Gasteiger partial charge in [0.1, 0.15) is 0 Å². The highest BCUT2D eigenvalue weighted by atomic mass is 19.2. The van der Waals surface area contributed by atoms with E-state index in [9.17, 15) is 13.2 Å². The first-order chi connectivity index (χ1) is 11.1. The van der Waals surface area contributed by atoms with Crippen LogP contribution >= 0.6 is 0 Å². The van der Waals surface area contributed by atoms with Gasteiger partial charge in [0.05, 0.1) is 6.61 Å². The van der Waals surface area contributed by atoms with Gasteiger partial charge in [0.25, 0.3) is 0 Å². The number of hydrogen-bond acceptors (Lipinski definition) is 3. The first-order valence-corrected chi connectivity index (χ1v) is 8.07. The molecule has 1 aliphatic rings.